The van der Waals surface area contributed by atoms with Crippen molar-refractivity contribution in [3.8, 4) is 5.75 Å². The third-order valence-electron chi connectivity index (χ3n) is 2.36. The molecule has 1 unspecified atom stereocenters. The number of ether oxygens (including phenoxy) is 2. The van der Waals surface area contributed by atoms with Gasteiger partial charge in [-0.15, -0.1) is 0 Å². The third kappa shape index (κ3) is 5.64. The first-order valence-corrected chi connectivity index (χ1v) is 5.89. The number of para-hydroxylation sites is 2. The number of hydrogen-bond donors (Lipinski definition) is 2. The van der Waals surface area contributed by atoms with Crippen molar-refractivity contribution in [3.05, 3.63) is 34.4 Å². The van der Waals surface area contributed by atoms with Gasteiger partial charge in [-0.1, -0.05) is 12.1 Å². The molecule has 0 radical (unpaired) electrons. The Labute approximate surface area is 111 Å². The minimum Gasteiger partial charge on any atom is -0.484 e. The number of nitro benzene ring substituents is 1. The maximum atomic E-state index is 10.7. The number of rotatable bonds is 9. The van der Waals surface area contributed by atoms with E-state index < -0.39 is 11.0 Å². The fourth-order valence-electron chi connectivity index (χ4n) is 1.42. The van der Waals surface area contributed by atoms with Crippen LogP contribution in [0.5, 0.6) is 5.75 Å². The normalized spacial score (nSPS) is 12.1. The highest BCUT2D eigenvalue weighted by atomic mass is 16.6. The van der Waals surface area contributed by atoms with Gasteiger partial charge in [0.2, 0.25) is 0 Å². The summed E-state index contributed by atoms with van der Waals surface area (Å²) in [7, 11) is 1.59. The molecule has 0 fully saturated rings. The lowest BCUT2D eigenvalue weighted by molar-refractivity contribution is -0.385. The van der Waals surface area contributed by atoms with E-state index in [1.54, 1.807) is 19.2 Å². The van der Waals surface area contributed by atoms with Crippen molar-refractivity contribution in [2.45, 2.75) is 6.10 Å². The Bertz CT molecular complexity index is 399. The molecule has 0 bridgehead atoms. The van der Waals surface area contributed by atoms with Gasteiger partial charge in [-0.05, 0) is 6.07 Å². The van der Waals surface area contributed by atoms with Gasteiger partial charge in [-0.3, -0.25) is 10.1 Å². The lowest BCUT2D eigenvalue weighted by Gasteiger charge is -2.13. The van der Waals surface area contributed by atoms with Gasteiger partial charge in [-0.25, -0.2) is 0 Å². The quantitative estimate of drug-likeness (QED) is 0.387. The topological polar surface area (TPSA) is 93.9 Å². The molecule has 7 nitrogen and oxygen atoms in total. The van der Waals surface area contributed by atoms with Crippen LogP contribution in [-0.4, -0.2) is 49.5 Å². The lowest BCUT2D eigenvalue weighted by atomic mass is 10.3. The average Bonchev–Trinajstić information content (AvgIpc) is 2.41. The lowest BCUT2D eigenvalue weighted by Crippen LogP contribution is -2.33. The molecule has 2 N–H and O–H groups in total. The summed E-state index contributed by atoms with van der Waals surface area (Å²) >= 11 is 0. The van der Waals surface area contributed by atoms with Crippen LogP contribution in [0.3, 0.4) is 0 Å². The molecule has 0 spiro atoms. The predicted molar refractivity (Wildman–Crippen MR) is 69.3 cm³/mol. The SMILES string of the molecule is COCCNCC(O)COc1ccccc1[N+](=O)[O-]. The van der Waals surface area contributed by atoms with Crippen molar-refractivity contribution >= 4 is 5.69 Å². The zero-order valence-electron chi connectivity index (χ0n) is 10.7. The van der Waals surface area contributed by atoms with Gasteiger partial charge < -0.3 is 19.9 Å². The van der Waals surface area contributed by atoms with Gasteiger partial charge in [0.05, 0.1) is 11.5 Å². The van der Waals surface area contributed by atoms with E-state index in [4.69, 9.17) is 9.47 Å². The molecular formula is C12H18N2O5. The van der Waals surface area contributed by atoms with Crippen LogP contribution in [0.25, 0.3) is 0 Å². The Hall–Kier alpha value is -1.70. The highest BCUT2D eigenvalue weighted by Crippen LogP contribution is 2.25. The molecule has 1 aromatic carbocycles. The summed E-state index contributed by atoms with van der Waals surface area (Å²) in [6.07, 6.45) is -0.739. The summed E-state index contributed by atoms with van der Waals surface area (Å²) in [5.41, 5.74) is -0.109. The van der Waals surface area contributed by atoms with Crippen LogP contribution in [0.1, 0.15) is 0 Å². The summed E-state index contributed by atoms with van der Waals surface area (Å²) in [5, 5.41) is 23.4. The van der Waals surface area contributed by atoms with Crippen LogP contribution in [0.15, 0.2) is 24.3 Å². The van der Waals surface area contributed by atoms with Gasteiger partial charge in [-0.2, -0.15) is 0 Å². The highest BCUT2D eigenvalue weighted by Gasteiger charge is 2.14. The van der Waals surface area contributed by atoms with Gasteiger partial charge in [0.25, 0.3) is 0 Å². The van der Waals surface area contributed by atoms with Gasteiger partial charge in [0.1, 0.15) is 12.7 Å². The van der Waals surface area contributed by atoms with Crippen molar-refractivity contribution in [2.75, 3.05) is 33.4 Å². The zero-order chi connectivity index (χ0) is 14.1. The van der Waals surface area contributed by atoms with Gasteiger partial charge >= 0.3 is 5.69 Å². The van der Waals surface area contributed by atoms with Gasteiger partial charge in [0.15, 0.2) is 5.75 Å². The third-order valence-corrected chi connectivity index (χ3v) is 2.36. The second kappa shape index (κ2) is 8.41. The molecule has 0 aliphatic rings. The molecule has 0 saturated carbocycles. The first-order chi connectivity index (χ1) is 9.15. The second-order valence-corrected chi connectivity index (χ2v) is 3.89. The molecule has 0 amide bonds. The minimum absolute atomic E-state index is 0.00909. The standard InChI is InChI=1S/C12H18N2O5/c1-18-7-6-13-8-10(15)9-19-12-5-3-2-4-11(12)14(16)17/h2-5,10,13,15H,6-9H2,1H3. The number of nitrogens with zero attached hydrogens (tertiary/aromatic N) is 1. The minimum atomic E-state index is -0.739. The summed E-state index contributed by atoms with van der Waals surface area (Å²) in [4.78, 5) is 10.2. The average molecular weight is 270 g/mol. The Morgan fingerprint density at radius 1 is 1.47 bits per heavy atom. The van der Waals surface area contributed by atoms with Crippen molar-refractivity contribution in [2.24, 2.45) is 0 Å². The largest absolute Gasteiger partial charge is 0.484 e. The number of nitro groups is 1. The monoisotopic (exact) mass is 270 g/mol. The molecule has 0 heterocycles. The zero-order valence-corrected chi connectivity index (χ0v) is 10.7. The molecule has 0 aromatic heterocycles. The number of nitrogens with one attached hydrogen (secondary N) is 1. The summed E-state index contributed by atoms with van der Waals surface area (Å²) in [6.45, 7) is 1.51. The van der Waals surface area contributed by atoms with Gasteiger partial charge in [0, 0.05) is 26.3 Å². The molecule has 0 aliphatic carbocycles. The molecule has 0 aliphatic heterocycles. The van der Waals surface area contributed by atoms with Crippen LogP contribution < -0.4 is 10.1 Å². The Balaban J connectivity index is 2.37. The number of benzene rings is 1. The Morgan fingerprint density at radius 3 is 2.89 bits per heavy atom. The van der Waals surface area contributed by atoms with Crippen LogP contribution >= 0.6 is 0 Å². The molecular weight excluding hydrogens is 252 g/mol. The molecule has 0 saturated heterocycles. The van der Waals surface area contributed by atoms with E-state index >= 15 is 0 Å². The number of methoxy groups -OCH3 is 1. The Kier molecular flexibility index (Phi) is 6.80. The fraction of sp³-hybridized carbons (Fsp3) is 0.500. The van der Waals surface area contributed by atoms with Crippen LogP contribution in [0.4, 0.5) is 5.69 Å². The van der Waals surface area contributed by atoms with Crippen LogP contribution in [0.2, 0.25) is 0 Å². The van der Waals surface area contributed by atoms with Crippen LogP contribution in [-0.2, 0) is 4.74 Å². The highest BCUT2D eigenvalue weighted by molar-refractivity contribution is 5.45. The molecule has 1 rings (SSSR count). The van der Waals surface area contributed by atoms with E-state index in [0.717, 1.165) is 0 Å². The maximum absolute atomic E-state index is 10.7. The van der Waals surface area contributed by atoms with Crippen LogP contribution in [0, 0.1) is 10.1 Å². The van der Waals surface area contributed by atoms with Crippen molar-refractivity contribution in [1.29, 1.82) is 0 Å². The summed E-state index contributed by atoms with van der Waals surface area (Å²) in [6, 6.07) is 6.07. The fourth-order valence-corrected chi connectivity index (χ4v) is 1.42. The van der Waals surface area contributed by atoms with E-state index in [1.807, 2.05) is 0 Å². The molecule has 1 aromatic rings. The molecule has 7 heteroatoms. The van der Waals surface area contributed by atoms with Crippen molar-refractivity contribution in [1.82, 2.24) is 5.32 Å². The van der Waals surface area contributed by atoms with E-state index in [1.165, 1.54) is 12.1 Å². The van der Waals surface area contributed by atoms with E-state index in [-0.39, 0.29) is 18.0 Å². The van der Waals surface area contributed by atoms with Crippen molar-refractivity contribution in [3.63, 3.8) is 0 Å². The summed E-state index contributed by atoms with van der Waals surface area (Å²) in [5.74, 6) is 0.156. The van der Waals surface area contributed by atoms with E-state index in [2.05, 4.69) is 5.32 Å². The number of aliphatic hydroxyl groups excluding tert-OH is 1. The Morgan fingerprint density at radius 2 is 2.21 bits per heavy atom. The predicted octanol–water partition coefficient (Wildman–Crippen LogP) is 0.570. The van der Waals surface area contributed by atoms with E-state index in [9.17, 15) is 15.2 Å². The molecule has 19 heavy (non-hydrogen) atoms. The molecule has 1 atom stereocenters. The number of aliphatic hydroxyl groups is 1. The summed E-state index contributed by atoms with van der Waals surface area (Å²) < 4.78 is 10.1. The van der Waals surface area contributed by atoms with Crippen molar-refractivity contribution < 1.29 is 19.5 Å². The van der Waals surface area contributed by atoms with E-state index in [0.29, 0.717) is 19.7 Å². The second-order valence-electron chi connectivity index (χ2n) is 3.89. The maximum Gasteiger partial charge on any atom is 0.310 e. The smallest absolute Gasteiger partial charge is 0.310 e. The first kappa shape index (κ1) is 15.4. The molecule has 106 valence electrons. The first-order valence-electron chi connectivity index (χ1n) is 5.89. The number of hydrogen-bond acceptors (Lipinski definition) is 6.